The highest BCUT2D eigenvalue weighted by molar-refractivity contribution is 6.31. The van der Waals surface area contributed by atoms with Crippen molar-refractivity contribution in [1.29, 1.82) is 0 Å². The molecule has 0 fully saturated rings. The molecule has 0 aliphatic heterocycles. The second-order valence-electron chi connectivity index (χ2n) is 6.16. The minimum Gasteiger partial charge on any atom is -0.496 e. The van der Waals surface area contributed by atoms with Gasteiger partial charge in [0.05, 0.1) is 23.7 Å². The molecule has 1 amide bonds. The van der Waals surface area contributed by atoms with Crippen molar-refractivity contribution in [2.75, 3.05) is 7.11 Å². The smallest absolute Gasteiger partial charge is 0.255 e. The summed E-state index contributed by atoms with van der Waals surface area (Å²) in [5, 5.41) is 3.34. The summed E-state index contributed by atoms with van der Waals surface area (Å²) >= 11 is 5.99. The maximum atomic E-state index is 12.5. The van der Waals surface area contributed by atoms with Gasteiger partial charge in [0.25, 0.3) is 5.91 Å². The summed E-state index contributed by atoms with van der Waals surface area (Å²) in [4.78, 5) is 21.3. The van der Waals surface area contributed by atoms with Crippen LogP contribution in [0.1, 0.15) is 15.9 Å². The number of carbonyl (C=O) groups excluding carboxylic acids is 1. The van der Waals surface area contributed by atoms with Gasteiger partial charge in [0.1, 0.15) is 17.9 Å². The van der Waals surface area contributed by atoms with Crippen LogP contribution >= 0.6 is 11.6 Å². The number of pyridine rings is 1. The minimum atomic E-state index is -0.260. The Bertz CT molecular complexity index is 1140. The fraction of sp³-hybridized carbons (Fsp3) is 0.0952. The van der Waals surface area contributed by atoms with Gasteiger partial charge in [-0.1, -0.05) is 29.8 Å². The number of nitrogens with zero attached hydrogens (tertiary/aromatic N) is 3. The van der Waals surface area contributed by atoms with E-state index in [1.807, 2.05) is 41.0 Å². The molecule has 0 spiro atoms. The predicted molar refractivity (Wildman–Crippen MR) is 108 cm³/mol. The Morgan fingerprint density at radius 3 is 2.79 bits per heavy atom. The highest BCUT2D eigenvalue weighted by Gasteiger charge is 2.13. The zero-order valence-electron chi connectivity index (χ0n) is 15.1. The number of hydrogen-bond acceptors (Lipinski definition) is 4. The summed E-state index contributed by atoms with van der Waals surface area (Å²) in [6.07, 6.45) is 3.49. The van der Waals surface area contributed by atoms with Gasteiger partial charge in [0.15, 0.2) is 0 Å². The average Bonchev–Trinajstić information content (AvgIpc) is 3.16. The number of carbonyl (C=O) groups is 1. The maximum absolute atomic E-state index is 12.5. The molecule has 28 heavy (non-hydrogen) atoms. The van der Waals surface area contributed by atoms with Crippen LogP contribution in [0.3, 0.4) is 0 Å². The van der Waals surface area contributed by atoms with E-state index in [0.717, 1.165) is 22.4 Å². The fourth-order valence-corrected chi connectivity index (χ4v) is 3.11. The minimum absolute atomic E-state index is 0.260. The second-order valence-corrected chi connectivity index (χ2v) is 6.59. The van der Waals surface area contributed by atoms with Crippen LogP contribution in [0.4, 0.5) is 0 Å². The Balaban J connectivity index is 1.48. The van der Waals surface area contributed by atoms with Crippen molar-refractivity contribution in [3.8, 4) is 11.6 Å². The van der Waals surface area contributed by atoms with E-state index in [9.17, 15) is 4.79 Å². The number of hydrogen-bond donors (Lipinski definition) is 1. The van der Waals surface area contributed by atoms with E-state index in [1.54, 1.807) is 30.7 Å². The summed E-state index contributed by atoms with van der Waals surface area (Å²) < 4.78 is 7.15. The van der Waals surface area contributed by atoms with Gasteiger partial charge < -0.3 is 10.1 Å². The normalized spacial score (nSPS) is 10.8. The molecule has 0 aliphatic carbocycles. The first kappa shape index (κ1) is 18.0. The standard InChI is InChI=1S/C21H17ClN4O2/c1-28-19-8-7-15(22)10-16(19)21(27)24-12-14-6-9-20(23-11-14)26-13-25-17-4-2-3-5-18(17)26/h2-11,13H,12H2,1H3,(H,24,27). The molecule has 0 bridgehead atoms. The first-order chi connectivity index (χ1) is 13.7. The fourth-order valence-electron chi connectivity index (χ4n) is 2.94. The molecule has 0 saturated heterocycles. The quantitative estimate of drug-likeness (QED) is 0.557. The van der Waals surface area contributed by atoms with E-state index in [4.69, 9.17) is 16.3 Å². The third kappa shape index (κ3) is 3.54. The van der Waals surface area contributed by atoms with Crippen LogP contribution in [0, 0.1) is 0 Å². The summed E-state index contributed by atoms with van der Waals surface area (Å²) in [6.45, 7) is 0.340. The Morgan fingerprint density at radius 1 is 1.14 bits per heavy atom. The number of fused-ring (bicyclic) bond motifs is 1. The molecule has 2 aromatic heterocycles. The highest BCUT2D eigenvalue weighted by atomic mass is 35.5. The van der Waals surface area contributed by atoms with Crippen molar-refractivity contribution in [1.82, 2.24) is 19.9 Å². The van der Waals surface area contributed by atoms with Crippen molar-refractivity contribution in [3.63, 3.8) is 0 Å². The van der Waals surface area contributed by atoms with Crippen molar-refractivity contribution in [2.24, 2.45) is 0 Å². The molecule has 6 nitrogen and oxygen atoms in total. The maximum Gasteiger partial charge on any atom is 0.255 e. The summed E-state index contributed by atoms with van der Waals surface area (Å²) in [6, 6.07) is 16.6. The molecule has 2 aromatic carbocycles. The number of nitrogens with one attached hydrogen (secondary N) is 1. The molecular formula is C21H17ClN4O2. The third-order valence-corrected chi connectivity index (χ3v) is 4.60. The molecule has 7 heteroatoms. The van der Waals surface area contributed by atoms with Crippen molar-refractivity contribution in [3.05, 3.63) is 83.3 Å². The second kappa shape index (κ2) is 7.70. The zero-order valence-corrected chi connectivity index (χ0v) is 15.8. The van der Waals surface area contributed by atoms with E-state index in [2.05, 4.69) is 15.3 Å². The Morgan fingerprint density at radius 2 is 2.00 bits per heavy atom. The lowest BCUT2D eigenvalue weighted by Crippen LogP contribution is -2.23. The molecule has 0 atom stereocenters. The monoisotopic (exact) mass is 392 g/mol. The SMILES string of the molecule is COc1ccc(Cl)cc1C(=O)NCc1ccc(-n2cnc3ccccc32)nc1. The lowest BCUT2D eigenvalue weighted by atomic mass is 10.2. The predicted octanol–water partition coefficient (Wildman–Crippen LogP) is 4.01. The Labute approximate surface area is 166 Å². The van der Waals surface area contributed by atoms with Gasteiger partial charge in [-0.2, -0.15) is 0 Å². The van der Waals surface area contributed by atoms with Crippen molar-refractivity contribution >= 4 is 28.5 Å². The molecular weight excluding hydrogens is 376 g/mol. The lowest BCUT2D eigenvalue weighted by molar-refractivity contribution is 0.0948. The van der Waals surface area contributed by atoms with Crippen LogP contribution in [-0.2, 0) is 6.54 Å². The van der Waals surface area contributed by atoms with E-state index < -0.39 is 0 Å². The first-order valence-corrected chi connectivity index (χ1v) is 9.02. The molecule has 140 valence electrons. The Hall–Kier alpha value is -3.38. The van der Waals surface area contributed by atoms with Gasteiger partial charge in [-0.25, -0.2) is 9.97 Å². The van der Waals surface area contributed by atoms with Crippen LogP contribution in [0.2, 0.25) is 5.02 Å². The van der Waals surface area contributed by atoms with Crippen LogP contribution in [-0.4, -0.2) is 27.6 Å². The van der Waals surface area contributed by atoms with Crippen molar-refractivity contribution < 1.29 is 9.53 Å². The molecule has 2 heterocycles. The number of methoxy groups -OCH3 is 1. The van der Waals surface area contributed by atoms with Crippen molar-refractivity contribution in [2.45, 2.75) is 6.54 Å². The number of para-hydroxylation sites is 2. The topological polar surface area (TPSA) is 69.0 Å². The number of aromatic nitrogens is 3. The van der Waals surface area contributed by atoms with Gasteiger partial charge in [0.2, 0.25) is 0 Å². The molecule has 0 radical (unpaired) electrons. The Kier molecular flexibility index (Phi) is 4.95. The first-order valence-electron chi connectivity index (χ1n) is 8.65. The van der Waals surface area contributed by atoms with Gasteiger partial charge in [0, 0.05) is 17.8 Å². The van der Waals surface area contributed by atoms with E-state index in [-0.39, 0.29) is 5.91 Å². The van der Waals surface area contributed by atoms with Gasteiger partial charge >= 0.3 is 0 Å². The van der Waals surface area contributed by atoms with Crippen LogP contribution < -0.4 is 10.1 Å². The summed E-state index contributed by atoms with van der Waals surface area (Å²) in [5.41, 5.74) is 3.17. The van der Waals surface area contributed by atoms with E-state index >= 15 is 0 Å². The van der Waals surface area contributed by atoms with Gasteiger partial charge in [-0.05, 0) is 42.0 Å². The van der Waals surface area contributed by atoms with E-state index in [0.29, 0.717) is 22.9 Å². The lowest BCUT2D eigenvalue weighted by Gasteiger charge is -2.10. The van der Waals surface area contributed by atoms with Crippen LogP contribution in [0.15, 0.2) is 67.1 Å². The number of benzene rings is 2. The van der Waals surface area contributed by atoms with Crippen LogP contribution in [0.5, 0.6) is 5.75 Å². The molecule has 4 aromatic rings. The number of amides is 1. The third-order valence-electron chi connectivity index (χ3n) is 4.37. The average molecular weight is 393 g/mol. The number of halogens is 1. The largest absolute Gasteiger partial charge is 0.496 e. The highest BCUT2D eigenvalue weighted by Crippen LogP contribution is 2.22. The number of ether oxygens (including phenoxy) is 1. The van der Waals surface area contributed by atoms with Gasteiger partial charge in [-0.15, -0.1) is 0 Å². The summed E-state index contributed by atoms with van der Waals surface area (Å²) in [5.74, 6) is 0.978. The molecule has 0 saturated carbocycles. The number of imidazole rings is 1. The zero-order chi connectivity index (χ0) is 19.5. The molecule has 1 N–H and O–H groups in total. The number of rotatable bonds is 5. The summed E-state index contributed by atoms with van der Waals surface area (Å²) in [7, 11) is 1.52. The van der Waals surface area contributed by atoms with E-state index in [1.165, 1.54) is 7.11 Å². The van der Waals surface area contributed by atoms with Gasteiger partial charge in [-0.3, -0.25) is 9.36 Å². The molecule has 4 rings (SSSR count). The molecule has 0 aliphatic rings. The van der Waals surface area contributed by atoms with Crippen LogP contribution in [0.25, 0.3) is 16.9 Å². The molecule has 0 unspecified atom stereocenters.